The number of carbonyl (C=O) groups excluding carboxylic acids is 1. The van der Waals surface area contributed by atoms with Crippen molar-refractivity contribution >= 4 is 40.8 Å². The fourth-order valence-electron chi connectivity index (χ4n) is 5.28. The van der Waals surface area contributed by atoms with Gasteiger partial charge in [0.2, 0.25) is 0 Å². The van der Waals surface area contributed by atoms with Gasteiger partial charge in [0.05, 0.1) is 31.6 Å². The minimum atomic E-state index is -0.628. The highest BCUT2D eigenvalue weighted by atomic mass is 35.5. The number of ether oxygens (including phenoxy) is 2. The molecular formula is C33H38Cl3N5O3. The van der Waals surface area contributed by atoms with Gasteiger partial charge in [-0.05, 0) is 69.9 Å². The van der Waals surface area contributed by atoms with E-state index in [4.69, 9.17) is 44.3 Å². The van der Waals surface area contributed by atoms with Crippen molar-refractivity contribution in [3.05, 3.63) is 119 Å². The van der Waals surface area contributed by atoms with Crippen LogP contribution in [-0.4, -0.2) is 54.5 Å². The number of aromatic nitrogens is 4. The van der Waals surface area contributed by atoms with Gasteiger partial charge in [0, 0.05) is 45.4 Å². The fraction of sp³-hybridized carbons (Fsp3) is 0.364. The first kappa shape index (κ1) is 33.7. The van der Waals surface area contributed by atoms with Gasteiger partial charge in [0.1, 0.15) is 18.2 Å². The zero-order valence-electron chi connectivity index (χ0n) is 25.2. The number of benzene rings is 2. The smallest absolute Gasteiger partial charge is 0.332 e. The molecule has 1 aliphatic rings. The van der Waals surface area contributed by atoms with E-state index in [0.717, 1.165) is 29.8 Å². The van der Waals surface area contributed by atoms with E-state index in [0.29, 0.717) is 29.8 Å². The average Bonchev–Trinajstić information content (AvgIpc) is 3.75. The maximum absolute atomic E-state index is 13.0. The third-order valence-corrected chi connectivity index (χ3v) is 8.23. The van der Waals surface area contributed by atoms with Gasteiger partial charge in [-0.25, -0.2) is 14.8 Å². The molecule has 3 heterocycles. The van der Waals surface area contributed by atoms with Crippen LogP contribution >= 0.6 is 34.8 Å². The van der Waals surface area contributed by atoms with Crippen LogP contribution in [0.25, 0.3) is 0 Å². The summed E-state index contributed by atoms with van der Waals surface area (Å²) < 4.78 is 15.3. The lowest BCUT2D eigenvalue weighted by molar-refractivity contribution is -0.0587. The fourth-order valence-corrected chi connectivity index (χ4v) is 5.94. The Morgan fingerprint density at radius 3 is 2.39 bits per heavy atom. The van der Waals surface area contributed by atoms with Crippen molar-refractivity contribution in [1.82, 2.24) is 24.0 Å². The minimum absolute atomic E-state index is 0.103. The molecule has 1 saturated heterocycles. The van der Waals surface area contributed by atoms with Crippen LogP contribution in [0, 0.1) is 0 Å². The van der Waals surface area contributed by atoms with E-state index in [2.05, 4.69) is 16.5 Å². The summed E-state index contributed by atoms with van der Waals surface area (Å²) in [5.74, 6) is 0. The largest absolute Gasteiger partial charge is 0.368 e. The van der Waals surface area contributed by atoms with Crippen molar-refractivity contribution < 1.29 is 14.3 Å². The molecule has 2 aromatic heterocycles. The Kier molecular flexibility index (Phi) is 11.7. The van der Waals surface area contributed by atoms with Gasteiger partial charge in [-0.1, -0.05) is 59.1 Å². The highest BCUT2D eigenvalue weighted by molar-refractivity contribution is 6.35. The molecular weight excluding hydrogens is 621 g/mol. The monoisotopic (exact) mass is 657 g/mol. The minimum Gasteiger partial charge on any atom is -0.368 e. The molecule has 4 aromatic rings. The van der Waals surface area contributed by atoms with Crippen molar-refractivity contribution in [1.29, 1.82) is 0 Å². The Bertz CT molecular complexity index is 1490. The Hall–Kier alpha value is -3.14. The summed E-state index contributed by atoms with van der Waals surface area (Å²) in [6, 6.07) is 13.2. The number of halogens is 3. The van der Waals surface area contributed by atoms with E-state index in [1.54, 1.807) is 43.1 Å². The Balaban J connectivity index is 0.000000209. The van der Waals surface area contributed by atoms with Crippen LogP contribution in [0.3, 0.4) is 0 Å². The average molecular weight is 659 g/mol. The molecule has 0 spiro atoms. The van der Waals surface area contributed by atoms with Crippen molar-refractivity contribution in [3.8, 4) is 0 Å². The predicted octanol–water partition coefficient (Wildman–Crippen LogP) is 8.49. The summed E-state index contributed by atoms with van der Waals surface area (Å²) in [5, 5.41) is 1.95. The molecule has 5 rings (SSSR count). The number of amides is 1. The van der Waals surface area contributed by atoms with Crippen LogP contribution in [-0.2, 0) is 22.4 Å². The molecule has 2 unspecified atom stereocenters. The van der Waals surface area contributed by atoms with Gasteiger partial charge in [-0.2, -0.15) is 0 Å². The first-order valence-corrected chi connectivity index (χ1v) is 15.5. The first-order chi connectivity index (χ1) is 21.0. The van der Waals surface area contributed by atoms with Gasteiger partial charge in [-0.3, -0.25) is 9.47 Å². The van der Waals surface area contributed by atoms with Crippen LogP contribution in [0.1, 0.15) is 50.8 Å². The maximum atomic E-state index is 13.0. The third-order valence-electron chi connectivity index (χ3n) is 7.41. The number of imidazole rings is 2. The highest BCUT2D eigenvalue weighted by Gasteiger charge is 2.51. The summed E-state index contributed by atoms with van der Waals surface area (Å²) in [6.07, 6.45) is 14.3. The lowest BCUT2D eigenvalue weighted by atomic mass is 9.99. The third kappa shape index (κ3) is 8.73. The van der Waals surface area contributed by atoms with E-state index < -0.39 is 5.72 Å². The van der Waals surface area contributed by atoms with E-state index in [-0.39, 0.29) is 17.7 Å². The topological polar surface area (TPSA) is 74.4 Å². The van der Waals surface area contributed by atoms with Crippen LogP contribution in [0.4, 0.5) is 4.79 Å². The van der Waals surface area contributed by atoms with Crippen LogP contribution < -0.4 is 0 Å². The number of nitrogens with zero attached hydrogens (tertiary/aromatic N) is 5. The van der Waals surface area contributed by atoms with E-state index in [9.17, 15) is 4.79 Å². The van der Waals surface area contributed by atoms with Crippen LogP contribution in [0.5, 0.6) is 0 Å². The SMILES string of the molecule is C=CCOC(Cn1ccnc1)c1ccc(Cl)cc1Cl.CC1(C)COC(C)(CCCc2ccc(Cl)cc2)N1C(=O)n1ccnc1. The second-order valence-corrected chi connectivity index (χ2v) is 12.7. The Labute approximate surface area is 274 Å². The number of carbonyl (C=O) groups is 1. The van der Waals surface area contributed by atoms with Crippen LogP contribution in [0.15, 0.2) is 92.6 Å². The zero-order chi connectivity index (χ0) is 31.7. The normalized spacial score (nSPS) is 18.0. The highest BCUT2D eigenvalue weighted by Crippen LogP contribution is 2.39. The second-order valence-electron chi connectivity index (χ2n) is 11.4. The first-order valence-electron chi connectivity index (χ1n) is 14.4. The predicted molar refractivity (Wildman–Crippen MR) is 175 cm³/mol. The molecule has 234 valence electrons. The second kappa shape index (κ2) is 15.2. The zero-order valence-corrected chi connectivity index (χ0v) is 27.5. The van der Waals surface area contributed by atoms with Gasteiger partial charge in [0.25, 0.3) is 0 Å². The molecule has 0 bridgehead atoms. The quantitative estimate of drug-likeness (QED) is 0.160. The molecule has 8 nitrogen and oxygen atoms in total. The summed E-state index contributed by atoms with van der Waals surface area (Å²) in [4.78, 5) is 22.8. The van der Waals surface area contributed by atoms with Gasteiger partial charge >= 0.3 is 6.03 Å². The molecule has 0 N–H and O–H groups in total. The van der Waals surface area contributed by atoms with Crippen LogP contribution in [0.2, 0.25) is 15.1 Å². The molecule has 11 heteroatoms. The molecule has 2 atom stereocenters. The van der Waals surface area contributed by atoms with Gasteiger partial charge < -0.3 is 14.0 Å². The van der Waals surface area contributed by atoms with Crippen molar-refractivity contribution in [2.24, 2.45) is 0 Å². The Morgan fingerprint density at radius 1 is 1.05 bits per heavy atom. The standard InChI is InChI=1S/C19H24ClN3O2.C14H14Cl2N2O/c1-18(2)13-25-19(3,23(18)17(24)22-12-11-21-14-22)10-4-5-15-6-8-16(20)9-7-15;1-2-7-19-14(9-18-6-5-17-10-18)12-4-3-11(15)8-13(12)16/h6-9,11-12,14H,4-5,10,13H2,1-3H3;2-6,8,10,14H,1,7,9H2. The van der Waals surface area contributed by atoms with E-state index >= 15 is 0 Å². The van der Waals surface area contributed by atoms with Gasteiger partial charge in [-0.15, -0.1) is 6.58 Å². The van der Waals surface area contributed by atoms with Gasteiger partial charge in [0.15, 0.2) is 0 Å². The number of rotatable bonds is 10. The van der Waals surface area contributed by atoms with Crippen molar-refractivity contribution in [3.63, 3.8) is 0 Å². The molecule has 0 radical (unpaired) electrons. The Morgan fingerprint density at radius 2 is 1.75 bits per heavy atom. The summed E-state index contributed by atoms with van der Waals surface area (Å²) in [7, 11) is 0. The summed E-state index contributed by atoms with van der Waals surface area (Å²) in [6.45, 7) is 11.3. The molecule has 1 fully saturated rings. The molecule has 0 saturated carbocycles. The molecule has 44 heavy (non-hydrogen) atoms. The van der Waals surface area contributed by atoms with E-state index in [1.807, 2.05) is 66.8 Å². The molecule has 0 aliphatic carbocycles. The molecule has 1 aliphatic heterocycles. The lowest BCUT2D eigenvalue weighted by Gasteiger charge is -2.39. The number of hydrogen-bond acceptors (Lipinski definition) is 5. The summed E-state index contributed by atoms with van der Waals surface area (Å²) in [5.41, 5.74) is 1.15. The maximum Gasteiger partial charge on any atom is 0.332 e. The molecule has 1 amide bonds. The summed E-state index contributed by atoms with van der Waals surface area (Å²) >= 11 is 18.1. The lowest BCUT2D eigenvalue weighted by Crippen LogP contribution is -2.55. The van der Waals surface area contributed by atoms with Crippen molar-refractivity contribution in [2.75, 3.05) is 13.2 Å². The molecule has 2 aromatic carbocycles. The number of hydrogen-bond donors (Lipinski definition) is 0. The van der Waals surface area contributed by atoms with E-state index in [1.165, 1.54) is 16.5 Å². The number of aryl methyl sites for hydroxylation is 1. The van der Waals surface area contributed by atoms with Crippen molar-refractivity contribution in [2.45, 2.75) is 63.9 Å².